The lowest BCUT2D eigenvalue weighted by Crippen LogP contribution is -2.22. The maximum Gasteiger partial charge on any atom is 0.341 e. The lowest BCUT2D eigenvalue weighted by Gasteiger charge is -2.15. The van der Waals surface area contributed by atoms with Gasteiger partial charge in [-0.2, -0.15) is 5.10 Å². The number of imidazole rings is 1. The summed E-state index contributed by atoms with van der Waals surface area (Å²) in [5, 5.41) is 4.44. The number of nitrogens with zero attached hydrogens (tertiary/aromatic N) is 4. The molecule has 5 rings (SSSR count). The third-order valence-corrected chi connectivity index (χ3v) is 9.17. The van der Waals surface area contributed by atoms with E-state index in [1.165, 1.54) is 42.3 Å². The van der Waals surface area contributed by atoms with Gasteiger partial charge in [0.25, 0.3) is 0 Å². The zero-order valence-corrected chi connectivity index (χ0v) is 27.1. The summed E-state index contributed by atoms with van der Waals surface area (Å²) < 4.78 is 44.2. The number of benzene rings is 3. The van der Waals surface area contributed by atoms with Crippen molar-refractivity contribution >= 4 is 37.2 Å². The molecule has 0 amide bonds. The summed E-state index contributed by atoms with van der Waals surface area (Å²) in [5.74, 6) is -1.65. The van der Waals surface area contributed by atoms with Gasteiger partial charge in [-0.3, -0.25) is 4.57 Å². The SMILES string of the molecule is COC(=O)c1cn(COCC[Si](C)(C)C)nc1-c1nc(-c2ccccc2)n(-c2cccc(Cl)c2F)c1-c1ccc(F)c(Cl)c1. The molecule has 0 atom stereocenters. The number of hydrogen-bond donors (Lipinski definition) is 0. The number of carbonyl (C=O) groups is 1. The monoisotopic (exact) mass is 654 g/mol. The molecular formula is C32H30Cl2F2N4O3Si. The predicted molar refractivity (Wildman–Crippen MR) is 171 cm³/mol. The highest BCUT2D eigenvalue weighted by Crippen LogP contribution is 2.41. The number of aromatic nitrogens is 4. The first-order valence-electron chi connectivity index (χ1n) is 13.8. The van der Waals surface area contributed by atoms with E-state index in [4.69, 9.17) is 42.8 Å². The molecule has 0 aliphatic heterocycles. The first-order chi connectivity index (χ1) is 21.0. The second kappa shape index (κ2) is 13.0. The second-order valence-electron chi connectivity index (χ2n) is 11.3. The molecule has 0 saturated heterocycles. The van der Waals surface area contributed by atoms with Crippen LogP contribution in [-0.4, -0.2) is 47.1 Å². The van der Waals surface area contributed by atoms with Crippen LogP contribution in [0, 0.1) is 11.6 Å². The molecule has 5 aromatic rings. The van der Waals surface area contributed by atoms with Crippen LogP contribution < -0.4 is 0 Å². The molecule has 0 aliphatic carbocycles. The number of methoxy groups -OCH3 is 1. The zero-order chi connectivity index (χ0) is 31.6. The number of ether oxygens (including phenoxy) is 2. The summed E-state index contributed by atoms with van der Waals surface area (Å²) in [5.41, 5.74) is 1.93. The van der Waals surface area contributed by atoms with E-state index in [0.29, 0.717) is 29.3 Å². The van der Waals surface area contributed by atoms with Gasteiger partial charge in [-0.25, -0.2) is 23.2 Å². The average Bonchev–Trinajstić information content (AvgIpc) is 3.60. The van der Waals surface area contributed by atoms with Gasteiger partial charge >= 0.3 is 5.97 Å². The first kappa shape index (κ1) is 31.6. The van der Waals surface area contributed by atoms with Crippen molar-refractivity contribution in [1.29, 1.82) is 0 Å². The van der Waals surface area contributed by atoms with Gasteiger partial charge in [0, 0.05) is 32.0 Å². The fourth-order valence-corrected chi connectivity index (χ4v) is 5.74. The van der Waals surface area contributed by atoms with Crippen molar-refractivity contribution in [1.82, 2.24) is 19.3 Å². The molecule has 7 nitrogen and oxygen atoms in total. The fraction of sp³-hybridized carbons (Fsp3) is 0.219. The van der Waals surface area contributed by atoms with Gasteiger partial charge in [0.1, 0.15) is 35.3 Å². The second-order valence-corrected chi connectivity index (χ2v) is 17.7. The summed E-state index contributed by atoms with van der Waals surface area (Å²) in [6, 6.07) is 18.8. The Balaban J connectivity index is 1.80. The molecule has 0 fully saturated rings. The van der Waals surface area contributed by atoms with Gasteiger partial charge in [-0.1, -0.05) is 79.2 Å². The molecule has 0 spiro atoms. The van der Waals surface area contributed by atoms with Crippen LogP contribution in [0.4, 0.5) is 8.78 Å². The third kappa shape index (κ3) is 6.63. The minimum absolute atomic E-state index is 0.0827. The van der Waals surface area contributed by atoms with E-state index >= 15 is 4.39 Å². The predicted octanol–water partition coefficient (Wildman–Crippen LogP) is 8.75. The molecule has 0 saturated carbocycles. The van der Waals surface area contributed by atoms with Crippen molar-refractivity contribution in [2.24, 2.45) is 0 Å². The minimum Gasteiger partial charge on any atom is -0.465 e. The number of carbonyl (C=O) groups excluding carboxylic acids is 1. The molecule has 0 unspecified atom stereocenters. The first-order valence-corrected chi connectivity index (χ1v) is 18.3. The van der Waals surface area contributed by atoms with Crippen LogP contribution in [0.15, 0.2) is 72.9 Å². The van der Waals surface area contributed by atoms with Crippen LogP contribution in [-0.2, 0) is 16.2 Å². The molecule has 2 aromatic heterocycles. The topological polar surface area (TPSA) is 71.2 Å². The number of rotatable bonds is 10. The largest absolute Gasteiger partial charge is 0.465 e. The van der Waals surface area contributed by atoms with Gasteiger partial charge in [-0.05, 0) is 36.4 Å². The molecule has 0 bridgehead atoms. The van der Waals surface area contributed by atoms with E-state index in [0.717, 1.165) is 6.04 Å². The van der Waals surface area contributed by atoms with Crippen LogP contribution in [0.25, 0.3) is 39.7 Å². The maximum atomic E-state index is 15.8. The van der Waals surface area contributed by atoms with E-state index in [1.807, 2.05) is 30.3 Å². The van der Waals surface area contributed by atoms with Crippen molar-refractivity contribution < 1.29 is 23.0 Å². The quantitative estimate of drug-likeness (QED) is 0.0855. The van der Waals surface area contributed by atoms with Crippen molar-refractivity contribution in [3.8, 4) is 39.7 Å². The summed E-state index contributed by atoms with van der Waals surface area (Å²) >= 11 is 12.5. The van der Waals surface area contributed by atoms with Crippen molar-refractivity contribution in [2.75, 3.05) is 13.7 Å². The van der Waals surface area contributed by atoms with Crippen molar-refractivity contribution in [3.05, 3.63) is 100 Å². The Kier molecular flexibility index (Phi) is 9.36. The molecule has 3 aromatic carbocycles. The summed E-state index contributed by atoms with van der Waals surface area (Å²) in [7, 11) is -0.0592. The summed E-state index contributed by atoms with van der Waals surface area (Å²) in [6.45, 7) is 7.39. The number of hydrogen-bond acceptors (Lipinski definition) is 5. The van der Waals surface area contributed by atoms with Crippen molar-refractivity contribution in [2.45, 2.75) is 32.4 Å². The Morgan fingerprint density at radius 1 is 0.932 bits per heavy atom. The van der Waals surface area contributed by atoms with Crippen molar-refractivity contribution in [3.63, 3.8) is 0 Å². The van der Waals surface area contributed by atoms with Gasteiger partial charge < -0.3 is 9.47 Å². The van der Waals surface area contributed by atoms with Crippen LogP contribution in [0.2, 0.25) is 35.7 Å². The van der Waals surface area contributed by atoms with E-state index < -0.39 is 25.7 Å². The minimum atomic E-state index is -1.33. The van der Waals surface area contributed by atoms with E-state index in [2.05, 4.69) is 19.6 Å². The Morgan fingerprint density at radius 3 is 2.36 bits per heavy atom. The third-order valence-electron chi connectivity index (χ3n) is 6.89. The molecule has 0 N–H and O–H groups in total. The van der Waals surface area contributed by atoms with Gasteiger partial charge in [0.05, 0.1) is 28.5 Å². The molecule has 0 aliphatic rings. The van der Waals surface area contributed by atoms with E-state index in [1.54, 1.807) is 16.7 Å². The lowest BCUT2D eigenvalue weighted by atomic mass is 10.1. The Labute approximate surface area is 265 Å². The Morgan fingerprint density at radius 2 is 1.68 bits per heavy atom. The summed E-state index contributed by atoms with van der Waals surface area (Å²) in [6.07, 6.45) is 1.53. The van der Waals surface area contributed by atoms with Crippen LogP contribution in [0.5, 0.6) is 0 Å². The highest BCUT2D eigenvalue weighted by Gasteiger charge is 2.30. The molecule has 2 heterocycles. The lowest BCUT2D eigenvalue weighted by molar-refractivity contribution is 0.0599. The van der Waals surface area contributed by atoms with Gasteiger partial charge in [0.2, 0.25) is 0 Å². The summed E-state index contributed by atoms with van der Waals surface area (Å²) in [4.78, 5) is 18.0. The Hall–Kier alpha value is -3.83. The maximum absolute atomic E-state index is 15.8. The normalized spacial score (nSPS) is 11.6. The van der Waals surface area contributed by atoms with E-state index in [9.17, 15) is 9.18 Å². The fourth-order valence-electron chi connectivity index (χ4n) is 4.63. The smallest absolute Gasteiger partial charge is 0.341 e. The molecule has 12 heteroatoms. The van der Waals surface area contributed by atoms with Gasteiger partial charge in [0.15, 0.2) is 5.82 Å². The van der Waals surface area contributed by atoms with Crippen LogP contribution in [0.3, 0.4) is 0 Å². The van der Waals surface area contributed by atoms with Crippen LogP contribution >= 0.6 is 23.2 Å². The molecular weight excluding hydrogens is 625 g/mol. The van der Waals surface area contributed by atoms with E-state index in [-0.39, 0.29) is 39.4 Å². The Bertz CT molecular complexity index is 1820. The van der Waals surface area contributed by atoms with Crippen LogP contribution in [0.1, 0.15) is 10.4 Å². The average molecular weight is 656 g/mol. The highest BCUT2D eigenvalue weighted by atomic mass is 35.5. The molecule has 44 heavy (non-hydrogen) atoms. The zero-order valence-electron chi connectivity index (χ0n) is 24.6. The highest BCUT2D eigenvalue weighted by molar-refractivity contribution is 6.76. The van der Waals surface area contributed by atoms with Gasteiger partial charge in [-0.15, -0.1) is 0 Å². The number of halogens is 4. The molecule has 228 valence electrons. The standard InChI is InChI=1S/C32H30Cl2F2N4O3Si/c1-42-32(41)22-18-39(19-43-15-16-44(2,3)4)38-28(22)29-30(21-13-14-25(35)24(34)17-21)40(26-12-8-11-23(33)27(26)36)31(37-29)20-9-6-5-7-10-20/h5-14,17-18H,15-16,19H2,1-4H3. The number of esters is 1. The molecule has 0 radical (unpaired) electrons.